The average molecular weight is 318 g/mol. The van der Waals surface area contributed by atoms with E-state index < -0.39 is 0 Å². The number of carbonyl (C=O) groups is 1. The molecule has 0 unspecified atom stereocenters. The first kappa shape index (κ1) is 14.2. The highest BCUT2D eigenvalue weighted by atomic mass is 16.3. The molecule has 24 heavy (non-hydrogen) atoms. The molecule has 4 rings (SSSR count). The standard InChI is InChI=1S/C18H14N4O2/c23-18(14-7-9-24-11-14)20-10-13-4-3-8-19-17(13)22-12-21-15-5-1-2-6-16(15)22/h1-9,11-12H,10H2,(H,20,23). The van der Waals surface area contributed by atoms with Crippen LogP contribution in [-0.2, 0) is 6.54 Å². The molecule has 0 spiro atoms. The highest BCUT2D eigenvalue weighted by Gasteiger charge is 2.12. The van der Waals surface area contributed by atoms with Crippen LogP contribution < -0.4 is 5.32 Å². The molecule has 0 atom stereocenters. The molecule has 4 aromatic rings. The van der Waals surface area contributed by atoms with Crippen molar-refractivity contribution in [3.63, 3.8) is 0 Å². The number of benzene rings is 1. The fourth-order valence-corrected chi connectivity index (χ4v) is 2.58. The zero-order chi connectivity index (χ0) is 16.4. The molecule has 1 amide bonds. The lowest BCUT2D eigenvalue weighted by Gasteiger charge is -2.10. The number of nitrogens with zero attached hydrogens (tertiary/aromatic N) is 3. The fraction of sp³-hybridized carbons (Fsp3) is 0.0556. The maximum Gasteiger partial charge on any atom is 0.254 e. The van der Waals surface area contributed by atoms with Crippen LogP contribution in [0.5, 0.6) is 0 Å². The molecule has 0 aliphatic carbocycles. The van der Waals surface area contributed by atoms with Crippen molar-refractivity contribution < 1.29 is 9.21 Å². The molecule has 0 fully saturated rings. The van der Waals surface area contributed by atoms with Crippen molar-refractivity contribution in [1.82, 2.24) is 19.9 Å². The van der Waals surface area contributed by atoms with Crippen molar-refractivity contribution in [2.75, 3.05) is 0 Å². The largest absolute Gasteiger partial charge is 0.472 e. The van der Waals surface area contributed by atoms with Crippen LogP contribution in [0, 0.1) is 0 Å². The summed E-state index contributed by atoms with van der Waals surface area (Å²) >= 11 is 0. The summed E-state index contributed by atoms with van der Waals surface area (Å²) in [5, 5.41) is 2.88. The van der Waals surface area contributed by atoms with Crippen molar-refractivity contribution in [3.05, 3.63) is 78.6 Å². The van der Waals surface area contributed by atoms with Gasteiger partial charge in [0, 0.05) is 18.3 Å². The molecule has 0 aliphatic heterocycles. The summed E-state index contributed by atoms with van der Waals surface area (Å²) in [4.78, 5) is 20.9. The number of furan rings is 1. The Morgan fingerprint density at radius 3 is 2.92 bits per heavy atom. The van der Waals surface area contributed by atoms with Crippen molar-refractivity contribution in [2.24, 2.45) is 0 Å². The Balaban J connectivity index is 1.65. The molecule has 118 valence electrons. The SMILES string of the molecule is O=C(NCc1cccnc1-n1cnc2ccccc21)c1ccoc1. The molecule has 0 saturated carbocycles. The first-order valence-corrected chi connectivity index (χ1v) is 7.50. The van der Waals surface area contributed by atoms with Crippen LogP contribution in [0.3, 0.4) is 0 Å². The van der Waals surface area contributed by atoms with Gasteiger partial charge in [-0.25, -0.2) is 9.97 Å². The topological polar surface area (TPSA) is 73.0 Å². The van der Waals surface area contributed by atoms with E-state index in [9.17, 15) is 4.79 Å². The first-order chi connectivity index (χ1) is 11.8. The van der Waals surface area contributed by atoms with E-state index in [2.05, 4.69) is 15.3 Å². The molecule has 1 aromatic carbocycles. The Bertz CT molecular complexity index is 989. The van der Waals surface area contributed by atoms with E-state index in [1.54, 1.807) is 18.6 Å². The van der Waals surface area contributed by atoms with Gasteiger partial charge in [-0.2, -0.15) is 0 Å². The number of fused-ring (bicyclic) bond motifs is 1. The highest BCUT2D eigenvalue weighted by molar-refractivity contribution is 5.93. The van der Waals surface area contributed by atoms with Gasteiger partial charge in [-0.05, 0) is 24.3 Å². The lowest BCUT2D eigenvalue weighted by Crippen LogP contribution is -2.23. The van der Waals surface area contributed by atoms with E-state index in [4.69, 9.17) is 4.42 Å². The smallest absolute Gasteiger partial charge is 0.254 e. The number of imidazole rings is 1. The van der Waals surface area contributed by atoms with Gasteiger partial charge < -0.3 is 9.73 Å². The quantitative estimate of drug-likeness (QED) is 0.628. The minimum absolute atomic E-state index is 0.186. The molecule has 6 heteroatoms. The van der Waals surface area contributed by atoms with Gasteiger partial charge in [0.1, 0.15) is 18.4 Å². The summed E-state index contributed by atoms with van der Waals surface area (Å²) in [6.07, 6.45) is 6.37. The second kappa shape index (κ2) is 6.00. The number of hydrogen-bond donors (Lipinski definition) is 1. The van der Waals surface area contributed by atoms with Crippen LogP contribution in [0.2, 0.25) is 0 Å². The van der Waals surface area contributed by atoms with Crippen molar-refractivity contribution in [3.8, 4) is 5.82 Å². The van der Waals surface area contributed by atoms with Crippen LogP contribution in [0.4, 0.5) is 0 Å². The van der Waals surface area contributed by atoms with Gasteiger partial charge in [-0.15, -0.1) is 0 Å². The molecule has 3 aromatic heterocycles. The number of aromatic nitrogens is 3. The number of hydrogen-bond acceptors (Lipinski definition) is 4. The Hall–Kier alpha value is -3.41. The third-order valence-corrected chi connectivity index (χ3v) is 3.77. The number of amides is 1. The summed E-state index contributed by atoms with van der Waals surface area (Å²) in [6, 6.07) is 13.3. The Morgan fingerprint density at radius 1 is 1.12 bits per heavy atom. The minimum Gasteiger partial charge on any atom is -0.472 e. The molecular weight excluding hydrogens is 304 g/mol. The molecule has 0 bridgehead atoms. The minimum atomic E-state index is -0.186. The predicted octanol–water partition coefficient (Wildman–Crippen LogP) is 2.94. The number of pyridine rings is 1. The number of para-hydroxylation sites is 2. The molecular formula is C18H14N4O2. The monoisotopic (exact) mass is 318 g/mol. The van der Waals surface area contributed by atoms with Crippen LogP contribution in [0.25, 0.3) is 16.9 Å². The summed E-state index contributed by atoms with van der Waals surface area (Å²) in [5.74, 6) is 0.563. The third-order valence-electron chi connectivity index (χ3n) is 3.77. The zero-order valence-corrected chi connectivity index (χ0v) is 12.7. The van der Waals surface area contributed by atoms with E-state index in [0.717, 1.165) is 22.4 Å². The van der Waals surface area contributed by atoms with Gasteiger partial charge in [0.2, 0.25) is 0 Å². The van der Waals surface area contributed by atoms with Gasteiger partial charge >= 0.3 is 0 Å². The predicted molar refractivity (Wildman–Crippen MR) is 88.7 cm³/mol. The van der Waals surface area contributed by atoms with Crippen LogP contribution in [-0.4, -0.2) is 20.4 Å². The number of nitrogens with one attached hydrogen (secondary N) is 1. The Kier molecular flexibility index (Phi) is 3.55. The first-order valence-electron chi connectivity index (χ1n) is 7.50. The molecule has 0 saturated heterocycles. The van der Waals surface area contributed by atoms with Crippen LogP contribution in [0.15, 0.2) is 71.9 Å². The summed E-state index contributed by atoms with van der Waals surface area (Å²) < 4.78 is 6.86. The molecule has 0 aliphatic rings. The van der Waals surface area contributed by atoms with Crippen molar-refractivity contribution >= 4 is 16.9 Å². The van der Waals surface area contributed by atoms with E-state index in [1.165, 1.54) is 12.5 Å². The van der Waals surface area contributed by atoms with E-state index in [0.29, 0.717) is 12.1 Å². The van der Waals surface area contributed by atoms with Crippen LogP contribution >= 0.6 is 0 Å². The van der Waals surface area contributed by atoms with E-state index in [1.807, 2.05) is 41.0 Å². The zero-order valence-electron chi connectivity index (χ0n) is 12.7. The van der Waals surface area contributed by atoms with E-state index >= 15 is 0 Å². The van der Waals surface area contributed by atoms with E-state index in [-0.39, 0.29) is 5.91 Å². The van der Waals surface area contributed by atoms with Crippen LogP contribution in [0.1, 0.15) is 15.9 Å². The lowest BCUT2D eigenvalue weighted by molar-refractivity contribution is 0.0950. The third kappa shape index (κ3) is 2.54. The molecule has 1 N–H and O–H groups in total. The molecule has 3 heterocycles. The van der Waals surface area contributed by atoms with Crippen molar-refractivity contribution in [1.29, 1.82) is 0 Å². The van der Waals surface area contributed by atoms with Gasteiger partial charge in [0.05, 0.1) is 22.9 Å². The Morgan fingerprint density at radius 2 is 2.04 bits per heavy atom. The lowest BCUT2D eigenvalue weighted by atomic mass is 10.2. The number of rotatable bonds is 4. The second-order valence-corrected chi connectivity index (χ2v) is 5.28. The molecule has 6 nitrogen and oxygen atoms in total. The van der Waals surface area contributed by atoms with Gasteiger partial charge in [-0.3, -0.25) is 9.36 Å². The maximum absolute atomic E-state index is 12.1. The average Bonchev–Trinajstić information content (AvgIpc) is 3.30. The summed E-state index contributed by atoms with van der Waals surface area (Å²) in [6.45, 7) is 0.361. The normalized spacial score (nSPS) is 10.8. The summed E-state index contributed by atoms with van der Waals surface area (Å²) in [5.41, 5.74) is 3.26. The second-order valence-electron chi connectivity index (χ2n) is 5.28. The molecule has 0 radical (unpaired) electrons. The fourth-order valence-electron chi connectivity index (χ4n) is 2.58. The highest BCUT2D eigenvalue weighted by Crippen LogP contribution is 2.19. The summed E-state index contributed by atoms with van der Waals surface area (Å²) in [7, 11) is 0. The maximum atomic E-state index is 12.1. The Labute approximate surface area is 137 Å². The van der Waals surface area contributed by atoms with Gasteiger partial charge in [0.25, 0.3) is 5.91 Å². The van der Waals surface area contributed by atoms with Gasteiger partial charge in [-0.1, -0.05) is 18.2 Å². The van der Waals surface area contributed by atoms with Gasteiger partial charge in [0.15, 0.2) is 0 Å². The number of carbonyl (C=O) groups excluding carboxylic acids is 1. The van der Waals surface area contributed by atoms with Crippen molar-refractivity contribution in [2.45, 2.75) is 6.54 Å².